The molecule has 1 aromatic carbocycles. The molecule has 0 unspecified atom stereocenters. The van der Waals surface area contributed by atoms with Crippen LogP contribution in [0.15, 0.2) is 18.2 Å². The third-order valence-electron chi connectivity index (χ3n) is 3.61. The Hall–Kier alpha value is -1.44. The van der Waals surface area contributed by atoms with Crippen LogP contribution in [-0.4, -0.2) is 11.6 Å². The lowest BCUT2D eigenvalue weighted by molar-refractivity contribution is -0.118. The minimum Gasteiger partial charge on any atom is -0.300 e. The maximum atomic E-state index is 12.2. The normalized spacial score (nSPS) is 18.2. The Balaban J connectivity index is 2.10. The fourth-order valence-electron chi connectivity index (χ4n) is 2.56. The fourth-order valence-corrected chi connectivity index (χ4v) is 2.56. The molecule has 90 valence electrons. The number of Topliss-reactive ketones (excluding diaryl/α,β-unsaturated/α-hetero) is 2. The molecule has 0 amide bonds. The Kier molecular flexibility index (Phi) is 3.41. The van der Waals surface area contributed by atoms with Crippen molar-refractivity contribution in [2.24, 2.45) is 5.92 Å². The number of ketones is 2. The summed E-state index contributed by atoms with van der Waals surface area (Å²) >= 11 is 0. The van der Waals surface area contributed by atoms with Gasteiger partial charge in [0.25, 0.3) is 0 Å². The summed E-state index contributed by atoms with van der Waals surface area (Å²) in [5.41, 5.74) is 3.13. The summed E-state index contributed by atoms with van der Waals surface area (Å²) in [4.78, 5) is 23.5. The second kappa shape index (κ2) is 4.82. The quantitative estimate of drug-likeness (QED) is 0.796. The maximum Gasteiger partial charge on any atom is 0.166 e. The first kappa shape index (κ1) is 12.0. The zero-order chi connectivity index (χ0) is 12.4. The van der Waals surface area contributed by atoms with E-state index in [0.29, 0.717) is 19.3 Å². The summed E-state index contributed by atoms with van der Waals surface area (Å²) < 4.78 is 0. The molecule has 0 fully saturated rings. The first-order valence-electron chi connectivity index (χ1n) is 6.28. The molecule has 2 heteroatoms. The van der Waals surface area contributed by atoms with Gasteiger partial charge in [-0.3, -0.25) is 9.59 Å². The molecular weight excluding hydrogens is 212 g/mol. The number of hydrogen-bond acceptors (Lipinski definition) is 2. The predicted molar refractivity (Wildman–Crippen MR) is 67.2 cm³/mol. The van der Waals surface area contributed by atoms with Gasteiger partial charge in [0.2, 0.25) is 0 Å². The predicted octanol–water partition coefficient (Wildman–Crippen LogP) is 3.11. The second-order valence-corrected chi connectivity index (χ2v) is 4.81. The third-order valence-corrected chi connectivity index (χ3v) is 3.61. The van der Waals surface area contributed by atoms with Crippen molar-refractivity contribution < 1.29 is 9.59 Å². The molecule has 1 atom stereocenters. The van der Waals surface area contributed by atoms with Crippen molar-refractivity contribution in [2.45, 2.75) is 39.5 Å². The van der Waals surface area contributed by atoms with Crippen molar-refractivity contribution in [1.82, 2.24) is 0 Å². The number of rotatable bonds is 4. The van der Waals surface area contributed by atoms with E-state index in [-0.39, 0.29) is 17.5 Å². The minimum atomic E-state index is 0.0293. The molecule has 2 rings (SSSR count). The zero-order valence-electron chi connectivity index (χ0n) is 10.5. The first-order valence-corrected chi connectivity index (χ1v) is 6.28. The molecule has 2 nitrogen and oxygen atoms in total. The number of carbonyl (C=O) groups is 2. The van der Waals surface area contributed by atoms with E-state index in [4.69, 9.17) is 0 Å². The highest BCUT2D eigenvalue weighted by Crippen LogP contribution is 2.31. The van der Waals surface area contributed by atoms with Gasteiger partial charge in [-0.05, 0) is 30.9 Å². The molecule has 0 saturated carbocycles. The van der Waals surface area contributed by atoms with Crippen molar-refractivity contribution in [1.29, 1.82) is 0 Å². The van der Waals surface area contributed by atoms with E-state index in [2.05, 4.69) is 0 Å². The molecule has 0 bridgehead atoms. The molecule has 0 heterocycles. The van der Waals surface area contributed by atoms with Crippen molar-refractivity contribution in [3.05, 3.63) is 34.9 Å². The highest BCUT2D eigenvalue weighted by molar-refractivity contribution is 6.03. The number of benzene rings is 1. The molecule has 1 aliphatic rings. The fraction of sp³-hybridized carbons (Fsp3) is 0.467. The summed E-state index contributed by atoms with van der Waals surface area (Å²) in [5, 5.41) is 0. The summed E-state index contributed by atoms with van der Waals surface area (Å²) in [6.07, 6.45) is 2.64. The molecule has 1 aliphatic carbocycles. The Morgan fingerprint density at radius 3 is 2.82 bits per heavy atom. The highest BCUT2D eigenvalue weighted by atomic mass is 16.1. The van der Waals surface area contributed by atoms with Gasteiger partial charge in [-0.1, -0.05) is 25.1 Å². The van der Waals surface area contributed by atoms with Gasteiger partial charge in [0, 0.05) is 24.3 Å². The maximum absolute atomic E-state index is 12.2. The summed E-state index contributed by atoms with van der Waals surface area (Å²) in [7, 11) is 0. The zero-order valence-corrected chi connectivity index (χ0v) is 10.5. The Morgan fingerprint density at radius 2 is 2.18 bits per heavy atom. The molecule has 0 radical (unpaired) electrons. The van der Waals surface area contributed by atoms with Gasteiger partial charge in [-0.15, -0.1) is 0 Å². The van der Waals surface area contributed by atoms with Gasteiger partial charge < -0.3 is 0 Å². The van der Waals surface area contributed by atoms with Crippen LogP contribution in [0.3, 0.4) is 0 Å². The van der Waals surface area contributed by atoms with Crippen LogP contribution in [0.25, 0.3) is 0 Å². The lowest BCUT2D eigenvalue weighted by atomic mass is 9.96. The smallest absolute Gasteiger partial charge is 0.166 e. The van der Waals surface area contributed by atoms with Crippen molar-refractivity contribution in [2.75, 3.05) is 0 Å². The van der Waals surface area contributed by atoms with Crippen LogP contribution >= 0.6 is 0 Å². The monoisotopic (exact) mass is 230 g/mol. The molecule has 17 heavy (non-hydrogen) atoms. The van der Waals surface area contributed by atoms with Gasteiger partial charge in [-0.2, -0.15) is 0 Å². The lowest BCUT2D eigenvalue weighted by Gasteiger charge is -2.06. The molecule has 0 saturated heterocycles. The average Bonchev–Trinajstić information content (AvgIpc) is 2.64. The van der Waals surface area contributed by atoms with Gasteiger partial charge in [0.15, 0.2) is 5.78 Å². The number of aryl methyl sites for hydroxylation is 1. The van der Waals surface area contributed by atoms with Gasteiger partial charge in [-0.25, -0.2) is 0 Å². The first-order chi connectivity index (χ1) is 8.13. The van der Waals surface area contributed by atoms with E-state index >= 15 is 0 Å². The number of fused-ring (bicyclic) bond motifs is 1. The molecule has 1 aromatic rings. The van der Waals surface area contributed by atoms with Crippen molar-refractivity contribution >= 4 is 11.6 Å². The van der Waals surface area contributed by atoms with Gasteiger partial charge >= 0.3 is 0 Å². The minimum absolute atomic E-state index is 0.0293. The summed E-state index contributed by atoms with van der Waals surface area (Å²) in [6.45, 7) is 3.86. The van der Waals surface area contributed by atoms with Crippen LogP contribution in [0.5, 0.6) is 0 Å². The van der Waals surface area contributed by atoms with E-state index in [9.17, 15) is 9.59 Å². The number of hydrogen-bond donors (Lipinski definition) is 0. The van der Waals surface area contributed by atoms with Crippen LogP contribution in [0.4, 0.5) is 0 Å². The van der Waals surface area contributed by atoms with E-state index in [0.717, 1.165) is 23.1 Å². The van der Waals surface area contributed by atoms with Crippen LogP contribution in [-0.2, 0) is 11.2 Å². The topological polar surface area (TPSA) is 34.1 Å². The molecule has 0 aromatic heterocycles. The lowest BCUT2D eigenvalue weighted by Crippen LogP contribution is -2.11. The molecule has 0 N–H and O–H groups in total. The van der Waals surface area contributed by atoms with Crippen molar-refractivity contribution in [3.8, 4) is 0 Å². The summed E-state index contributed by atoms with van der Waals surface area (Å²) in [5.74, 6) is 0.522. The Bertz CT molecular complexity index is 460. The molecule has 0 aliphatic heterocycles. The van der Waals surface area contributed by atoms with Crippen LogP contribution in [0.2, 0.25) is 0 Å². The number of carbonyl (C=O) groups excluding carboxylic acids is 2. The summed E-state index contributed by atoms with van der Waals surface area (Å²) in [6, 6.07) is 6.01. The van der Waals surface area contributed by atoms with Crippen LogP contribution in [0, 0.1) is 12.8 Å². The standard InChI is InChI=1S/C15H18O2/c1-3-13(16)8-7-12-9-11-6-4-5-10(2)14(11)15(12)17/h4-6,12H,3,7-9H2,1-2H3/t12-/m1/s1. The molecule has 0 spiro atoms. The van der Waals surface area contributed by atoms with Crippen LogP contribution in [0.1, 0.15) is 47.7 Å². The molecular formula is C15H18O2. The highest BCUT2D eigenvalue weighted by Gasteiger charge is 2.31. The Labute approximate surface area is 102 Å². The van der Waals surface area contributed by atoms with Gasteiger partial charge in [0.1, 0.15) is 5.78 Å². The SMILES string of the molecule is CCC(=O)CC[C@@H]1Cc2cccc(C)c2C1=O. The van der Waals surface area contributed by atoms with E-state index in [1.807, 2.05) is 32.0 Å². The Morgan fingerprint density at radius 1 is 1.41 bits per heavy atom. The van der Waals surface area contributed by atoms with Crippen molar-refractivity contribution in [3.63, 3.8) is 0 Å². The largest absolute Gasteiger partial charge is 0.300 e. The average molecular weight is 230 g/mol. The second-order valence-electron chi connectivity index (χ2n) is 4.81. The van der Waals surface area contributed by atoms with Crippen LogP contribution < -0.4 is 0 Å². The van der Waals surface area contributed by atoms with E-state index < -0.39 is 0 Å². The van der Waals surface area contributed by atoms with Gasteiger partial charge in [0.05, 0.1) is 0 Å². The van der Waals surface area contributed by atoms with E-state index in [1.165, 1.54) is 0 Å². The van der Waals surface area contributed by atoms with E-state index in [1.54, 1.807) is 0 Å². The third kappa shape index (κ3) is 2.31.